The molecule has 26 heavy (non-hydrogen) atoms. The number of amides is 1. The minimum absolute atomic E-state index is 0.0318. The Kier molecular flexibility index (Phi) is 4.94. The van der Waals surface area contributed by atoms with Gasteiger partial charge in [-0.25, -0.2) is 0 Å². The number of amidine groups is 1. The minimum Gasteiger partial charge on any atom is -0.494 e. The summed E-state index contributed by atoms with van der Waals surface area (Å²) in [4.78, 5) is 14.0. The number of rotatable bonds is 5. The Morgan fingerprint density at radius 3 is 2.54 bits per heavy atom. The molecule has 7 nitrogen and oxygen atoms in total. The Hall–Kier alpha value is -2.87. The largest absolute Gasteiger partial charge is 0.494 e. The number of fused-ring (bicyclic) bond motifs is 1. The summed E-state index contributed by atoms with van der Waals surface area (Å²) in [5.41, 5.74) is 1.14. The monoisotopic (exact) mass is 373 g/mol. The maximum atomic E-state index is 12.3. The molecule has 0 fully saturated rings. The lowest BCUT2D eigenvalue weighted by Gasteiger charge is -2.18. The van der Waals surface area contributed by atoms with E-state index in [1.165, 1.54) is 11.0 Å². The second-order valence-electron chi connectivity index (χ2n) is 5.75. The minimum atomic E-state index is -3.70. The molecule has 1 heterocycles. The lowest BCUT2D eigenvalue weighted by molar-refractivity contribution is -0.116. The summed E-state index contributed by atoms with van der Waals surface area (Å²) in [5.74, 6) is 0.716. The van der Waals surface area contributed by atoms with Gasteiger partial charge in [0.05, 0.1) is 13.2 Å². The van der Waals surface area contributed by atoms with Crippen molar-refractivity contribution < 1.29 is 17.9 Å². The van der Waals surface area contributed by atoms with Crippen molar-refractivity contribution in [1.29, 1.82) is 0 Å². The molecule has 0 unspecified atom stereocenters. The standard InChI is InChI=1S/C18H19N3O4S/c1-3-25-14-10-8-13(9-11-14)19-17(22)12-21(2)18-15-6-4-5-7-16(15)26(23,24)20-18/h4-11H,3,12H2,1-2H3,(H,19,22). The van der Waals surface area contributed by atoms with E-state index in [-0.39, 0.29) is 23.2 Å². The van der Waals surface area contributed by atoms with Gasteiger partial charge in [-0.1, -0.05) is 12.1 Å². The number of nitrogens with one attached hydrogen (secondary N) is 1. The maximum absolute atomic E-state index is 12.3. The SMILES string of the molecule is CCOc1ccc(NC(=O)CN(C)C2=NS(=O)(=O)c3ccccc32)cc1. The molecule has 0 atom stereocenters. The van der Waals surface area contributed by atoms with Crippen molar-refractivity contribution in [3.63, 3.8) is 0 Å². The normalized spacial score (nSPS) is 14.3. The number of sulfonamides is 1. The van der Waals surface area contributed by atoms with Crippen molar-refractivity contribution in [3.8, 4) is 5.75 Å². The van der Waals surface area contributed by atoms with E-state index in [1.807, 2.05) is 6.92 Å². The molecule has 0 aromatic heterocycles. The third-order valence-corrected chi connectivity index (χ3v) is 5.13. The lowest BCUT2D eigenvalue weighted by atomic mass is 10.2. The van der Waals surface area contributed by atoms with Gasteiger partial charge in [0.2, 0.25) is 5.91 Å². The summed E-state index contributed by atoms with van der Waals surface area (Å²) in [6.45, 7) is 2.44. The third-order valence-electron chi connectivity index (χ3n) is 3.80. The molecule has 0 spiro atoms. The first-order valence-corrected chi connectivity index (χ1v) is 9.53. The fourth-order valence-electron chi connectivity index (χ4n) is 2.66. The van der Waals surface area contributed by atoms with Crippen LogP contribution in [0.5, 0.6) is 5.75 Å². The number of nitrogens with zero attached hydrogens (tertiary/aromatic N) is 2. The fraction of sp³-hybridized carbons (Fsp3) is 0.222. The van der Waals surface area contributed by atoms with Gasteiger partial charge in [0.25, 0.3) is 10.0 Å². The van der Waals surface area contributed by atoms with E-state index in [0.29, 0.717) is 17.9 Å². The predicted octanol–water partition coefficient (Wildman–Crippen LogP) is 2.10. The summed E-state index contributed by atoms with van der Waals surface area (Å²) in [5, 5.41) is 2.77. The fourth-order valence-corrected chi connectivity index (χ4v) is 3.91. The first-order chi connectivity index (χ1) is 12.4. The highest BCUT2D eigenvalue weighted by molar-refractivity contribution is 7.90. The number of anilines is 1. The zero-order valence-corrected chi connectivity index (χ0v) is 15.3. The van der Waals surface area contributed by atoms with E-state index in [0.717, 1.165) is 5.75 Å². The van der Waals surface area contributed by atoms with E-state index >= 15 is 0 Å². The average molecular weight is 373 g/mol. The van der Waals surface area contributed by atoms with Crippen LogP contribution < -0.4 is 10.1 Å². The summed E-state index contributed by atoms with van der Waals surface area (Å²) in [7, 11) is -2.07. The van der Waals surface area contributed by atoms with Crippen molar-refractivity contribution in [2.24, 2.45) is 4.40 Å². The zero-order chi connectivity index (χ0) is 18.7. The molecule has 1 amide bonds. The van der Waals surface area contributed by atoms with Crippen LogP contribution in [0.25, 0.3) is 0 Å². The molecule has 1 aliphatic heterocycles. The van der Waals surface area contributed by atoms with Crippen LogP contribution >= 0.6 is 0 Å². The van der Waals surface area contributed by atoms with Crippen LogP contribution in [0.15, 0.2) is 57.8 Å². The van der Waals surface area contributed by atoms with Gasteiger partial charge < -0.3 is 15.0 Å². The van der Waals surface area contributed by atoms with Gasteiger partial charge in [0.1, 0.15) is 10.6 Å². The molecular formula is C18H19N3O4S. The molecule has 136 valence electrons. The van der Waals surface area contributed by atoms with Crippen molar-refractivity contribution >= 4 is 27.5 Å². The summed E-state index contributed by atoms with van der Waals surface area (Å²) < 4.78 is 33.4. The van der Waals surface area contributed by atoms with Gasteiger partial charge >= 0.3 is 0 Å². The second-order valence-corrected chi connectivity index (χ2v) is 7.32. The first-order valence-electron chi connectivity index (χ1n) is 8.09. The zero-order valence-electron chi connectivity index (χ0n) is 14.5. The Morgan fingerprint density at radius 2 is 1.85 bits per heavy atom. The number of ether oxygens (including phenoxy) is 1. The van der Waals surface area contributed by atoms with Crippen molar-refractivity contribution in [1.82, 2.24) is 4.90 Å². The highest BCUT2D eigenvalue weighted by atomic mass is 32.2. The number of hydrogen-bond acceptors (Lipinski definition) is 5. The molecule has 1 N–H and O–H groups in total. The van der Waals surface area contributed by atoms with E-state index in [4.69, 9.17) is 4.74 Å². The average Bonchev–Trinajstić information content (AvgIpc) is 2.89. The summed E-state index contributed by atoms with van der Waals surface area (Å²) >= 11 is 0. The van der Waals surface area contributed by atoms with Crippen LogP contribution in [0, 0.1) is 0 Å². The number of likely N-dealkylation sites (N-methyl/N-ethyl adjacent to an activating group) is 1. The summed E-state index contributed by atoms with van der Waals surface area (Å²) in [6.07, 6.45) is 0. The van der Waals surface area contributed by atoms with Gasteiger partial charge in [-0.15, -0.1) is 4.40 Å². The molecular weight excluding hydrogens is 354 g/mol. The van der Waals surface area contributed by atoms with Gasteiger partial charge in [0, 0.05) is 18.3 Å². The first kappa shape index (κ1) is 17.9. The molecule has 8 heteroatoms. The van der Waals surface area contributed by atoms with Crippen LogP contribution in [0.3, 0.4) is 0 Å². The Bertz CT molecular complexity index is 953. The van der Waals surface area contributed by atoms with Crippen molar-refractivity contribution in [2.45, 2.75) is 11.8 Å². The number of carbonyl (C=O) groups excluding carboxylic acids is 1. The highest BCUT2D eigenvalue weighted by Crippen LogP contribution is 2.26. The second kappa shape index (κ2) is 7.17. The Labute approximate surface area is 152 Å². The quantitative estimate of drug-likeness (QED) is 0.867. The van der Waals surface area contributed by atoms with Crippen LogP contribution in [-0.4, -0.2) is 45.3 Å². The number of hydrogen-bond donors (Lipinski definition) is 1. The Morgan fingerprint density at radius 1 is 1.15 bits per heavy atom. The predicted molar refractivity (Wildman–Crippen MR) is 99.0 cm³/mol. The smallest absolute Gasteiger partial charge is 0.285 e. The Balaban J connectivity index is 1.68. The molecule has 0 aliphatic carbocycles. The topological polar surface area (TPSA) is 88.1 Å². The molecule has 0 bridgehead atoms. The van der Waals surface area contributed by atoms with Crippen LogP contribution in [0.4, 0.5) is 5.69 Å². The molecule has 0 saturated heterocycles. The molecule has 2 aromatic carbocycles. The number of carbonyl (C=O) groups is 1. The third kappa shape index (κ3) is 3.70. The van der Waals surface area contributed by atoms with Gasteiger partial charge in [-0.2, -0.15) is 8.42 Å². The van der Waals surface area contributed by atoms with Crippen molar-refractivity contribution in [2.75, 3.05) is 25.5 Å². The van der Waals surface area contributed by atoms with Gasteiger partial charge in [-0.3, -0.25) is 4.79 Å². The van der Waals surface area contributed by atoms with Crippen molar-refractivity contribution in [3.05, 3.63) is 54.1 Å². The van der Waals surface area contributed by atoms with E-state index in [1.54, 1.807) is 49.5 Å². The van der Waals surface area contributed by atoms with Gasteiger partial charge in [0.15, 0.2) is 5.84 Å². The van der Waals surface area contributed by atoms with E-state index in [2.05, 4.69) is 9.71 Å². The maximum Gasteiger partial charge on any atom is 0.285 e. The van der Waals surface area contributed by atoms with Crippen LogP contribution in [-0.2, 0) is 14.8 Å². The molecule has 2 aromatic rings. The van der Waals surface area contributed by atoms with Crippen LogP contribution in [0.2, 0.25) is 0 Å². The summed E-state index contributed by atoms with van der Waals surface area (Å²) in [6, 6.07) is 13.6. The van der Waals surface area contributed by atoms with Gasteiger partial charge in [-0.05, 0) is 43.3 Å². The van der Waals surface area contributed by atoms with Crippen LogP contribution in [0.1, 0.15) is 12.5 Å². The molecule has 1 aliphatic rings. The lowest BCUT2D eigenvalue weighted by Crippen LogP contribution is -2.34. The molecule has 0 saturated carbocycles. The molecule has 0 radical (unpaired) electrons. The number of benzene rings is 2. The molecule has 3 rings (SSSR count). The van der Waals surface area contributed by atoms with E-state index in [9.17, 15) is 13.2 Å². The van der Waals surface area contributed by atoms with E-state index < -0.39 is 10.0 Å². The highest BCUT2D eigenvalue weighted by Gasteiger charge is 2.30.